The van der Waals surface area contributed by atoms with E-state index < -0.39 is 6.03 Å². The lowest BCUT2D eigenvalue weighted by atomic mass is 10.1. The lowest BCUT2D eigenvalue weighted by Gasteiger charge is -2.05. The number of halogens is 1. The van der Waals surface area contributed by atoms with Crippen LogP contribution in [0.4, 0.5) is 4.79 Å². The van der Waals surface area contributed by atoms with Gasteiger partial charge in [-0.3, -0.25) is 0 Å². The second kappa shape index (κ2) is 4.83. The predicted octanol–water partition coefficient (Wildman–Crippen LogP) is 0.967. The molecule has 0 saturated carbocycles. The van der Waals surface area contributed by atoms with Crippen LogP contribution in [-0.4, -0.2) is 6.03 Å². The van der Waals surface area contributed by atoms with E-state index in [1.165, 1.54) is 0 Å². The van der Waals surface area contributed by atoms with E-state index in [0.29, 0.717) is 18.1 Å². The first kappa shape index (κ1) is 10.8. The first-order valence-corrected chi connectivity index (χ1v) is 4.51. The van der Waals surface area contributed by atoms with Crippen LogP contribution in [0.25, 0.3) is 0 Å². The average molecular weight is 214 g/mol. The minimum absolute atomic E-state index is 0.364. The quantitative estimate of drug-likeness (QED) is 0.699. The van der Waals surface area contributed by atoms with E-state index >= 15 is 0 Å². The summed E-state index contributed by atoms with van der Waals surface area (Å²) in [5, 5.41) is 3.09. The first-order chi connectivity index (χ1) is 6.61. The molecule has 1 rings (SSSR count). The van der Waals surface area contributed by atoms with Gasteiger partial charge in [-0.2, -0.15) is 0 Å². The number of carbonyl (C=O) groups excluding carboxylic acids is 1. The van der Waals surface area contributed by atoms with Gasteiger partial charge in [-0.25, -0.2) is 4.79 Å². The molecule has 1 aromatic carbocycles. The molecule has 0 heterocycles. The zero-order chi connectivity index (χ0) is 10.6. The van der Waals surface area contributed by atoms with E-state index in [1.807, 2.05) is 6.07 Å². The third-order valence-corrected chi connectivity index (χ3v) is 1.94. The zero-order valence-electron chi connectivity index (χ0n) is 7.59. The average Bonchev–Trinajstić information content (AvgIpc) is 2.14. The molecule has 0 spiro atoms. The van der Waals surface area contributed by atoms with E-state index in [9.17, 15) is 4.79 Å². The molecule has 4 nitrogen and oxygen atoms in total. The maximum absolute atomic E-state index is 10.5. The lowest BCUT2D eigenvalue weighted by molar-refractivity contribution is 0.248. The van der Waals surface area contributed by atoms with Crippen molar-refractivity contribution in [2.45, 2.75) is 13.1 Å². The minimum Gasteiger partial charge on any atom is -0.352 e. The second-order valence-corrected chi connectivity index (χ2v) is 3.33. The van der Waals surface area contributed by atoms with Crippen molar-refractivity contribution in [3.63, 3.8) is 0 Å². The Hall–Kier alpha value is -1.26. The molecule has 0 unspecified atom stereocenters. The summed E-state index contributed by atoms with van der Waals surface area (Å²) in [4.78, 5) is 10.5. The fourth-order valence-electron chi connectivity index (χ4n) is 1.13. The van der Waals surface area contributed by atoms with E-state index in [2.05, 4.69) is 5.32 Å². The van der Waals surface area contributed by atoms with Gasteiger partial charge in [0.1, 0.15) is 0 Å². The Bertz CT molecular complexity index is 341. The number of rotatable bonds is 3. The van der Waals surface area contributed by atoms with Crippen molar-refractivity contribution in [3.05, 3.63) is 34.3 Å². The molecule has 0 aliphatic rings. The van der Waals surface area contributed by atoms with Gasteiger partial charge in [0, 0.05) is 18.1 Å². The number of hydrogen-bond donors (Lipinski definition) is 3. The highest BCUT2D eigenvalue weighted by molar-refractivity contribution is 6.30. The Morgan fingerprint density at radius 3 is 2.57 bits per heavy atom. The van der Waals surface area contributed by atoms with Crippen LogP contribution in [0.5, 0.6) is 0 Å². The third kappa shape index (κ3) is 3.24. The molecule has 0 saturated heterocycles. The highest BCUT2D eigenvalue weighted by atomic mass is 35.5. The zero-order valence-corrected chi connectivity index (χ0v) is 8.34. The summed E-state index contributed by atoms with van der Waals surface area (Å²) in [5.41, 5.74) is 12.2. The first-order valence-electron chi connectivity index (χ1n) is 4.13. The Morgan fingerprint density at radius 2 is 2.00 bits per heavy atom. The Labute approximate surface area is 87.2 Å². The van der Waals surface area contributed by atoms with Gasteiger partial charge >= 0.3 is 6.03 Å². The molecule has 0 aliphatic carbocycles. The molecular weight excluding hydrogens is 202 g/mol. The molecule has 1 aromatic rings. The molecule has 5 heteroatoms. The van der Waals surface area contributed by atoms with Gasteiger partial charge in [-0.15, -0.1) is 0 Å². The number of primary amides is 1. The molecule has 0 fully saturated rings. The Kier molecular flexibility index (Phi) is 3.73. The summed E-state index contributed by atoms with van der Waals surface area (Å²) < 4.78 is 0. The second-order valence-electron chi connectivity index (χ2n) is 2.89. The van der Waals surface area contributed by atoms with Crippen molar-refractivity contribution < 1.29 is 4.79 Å². The maximum atomic E-state index is 10.5. The van der Waals surface area contributed by atoms with Crippen molar-refractivity contribution in [1.29, 1.82) is 0 Å². The summed E-state index contributed by atoms with van der Waals surface area (Å²) >= 11 is 5.84. The molecule has 0 bridgehead atoms. The molecular formula is C9H12ClN3O. The van der Waals surface area contributed by atoms with Gasteiger partial charge in [0.15, 0.2) is 0 Å². The van der Waals surface area contributed by atoms with Crippen molar-refractivity contribution in [2.24, 2.45) is 11.5 Å². The highest BCUT2D eigenvalue weighted by Gasteiger charge is 1.99. The van der Waals surface area contributed by atoms with E-state index in [0.717, 1.165) is 11.1 Å². The van der Waals surface area contributed by atoms with Crippen LogP contribution >= 0.6 is 11.6 Å². The molecule has 0 atom stereocenters. The van der Waals surface area contributed by atoms with Gasteiger partial charge in [0.2, 0.25) is 0 Å². The molecule has 0 aromatic heterocycles. The smallest absolute Gasteiger partial charge is 0.312 e. The lowest BCUT2D eigenvalue weighted by Crippen LogP contribution is -2.28. The third-order valence-electron chi connectivity index (χ3n) is 1.72. The van der Waals surface area contributed by atoms with E-state index in [-0.39, 0.29) is 0 Å². The number of urea groups is 1. The molecule has 76 valence electrons. The van der Waals surface area contributed by atoms with Crippen molar-refractivity contribution in [3.8, 4) is 0 Å². The number of nitrogens with one attached hydrogen (secondary N) is 1. The van der Waals surface area contributed by atoms with Crippen LogP contribution in [0.2, 0.25) is 5.02 Å². The van der Waals surface area contributed by atoms with Crippen LogP contribution in [0, 0.1) is 0 Å². The van der Waals surface area contributed by atoms with Gasteiger partial charge < -0.3 is 16.8 Å². The summed E-state index contributed by atoms with van der Waals surface area (Å²) in [6, 6.07) is 4.87. The summed E-state index contributed by atoms with van der Waals surface area (Å²) in [6.07, 6.45) is 0. The van der Waals surface area contributed by atoms with Crippen molar-refractivity contribution in [2.75, 3.05) is 0 Å². The van der Waals surface area contributed by atoms with Gasteiger partial charge in [-0.1, -0.05) is 17.7 Å². The maximum Gasteiger partial charge on any atom is 0.312 e. The summed E-state index contributed by atoms with van der Waals surface area (Å²) in [6.45, 7) is 0.785. The Morgan fingerprint density at radius 1 is 1.36 bits per heavy atom. The topological polar surface area (TPSA) is 81.1 Å². The van der Waals surface area contributed by atoms with Crippen molar-refractivity contribution in [1.82, 2.24) is 5.32 Å². The van der Waals surface area contributed by atoms with Gasteiger partial charge in [-0.05, 0) is 23.3 Å². The molecule has 0 radical (unpaired) electrons. The SMILES string of the molecule is NCc1cc(Cl)cc(CNC(N)=O)c1. The van der Waals surface area contributed by atoms with Crippen LogP contribution in [0.3, 0.4) is 0 Å². The molecule has 2 amide bonds. The fourth-order valence-corrected chi connectivity index (χ4v) is 1.41. The monoisotopic (exact) mass is 213 g/mol. The normalized spacial score (nSPS) is 9.86. The molecule has 5 N–H and O–H groups in total. The number of amides is 2. The summed E-state index contributed by atoms with van der Waals surface area (Å²) in [5.74, 6) is 0. The van der Waals surface area contributed by atoms with Crippen LogP contribution < -0.4 is 16.8 Å². The predicted molar refractivity (Wildman–Crippen MR) is 55.8 cm³/mol. The van der Waals surface area contributed by atoms with Crippen LogP contribution in [-0.2, 0) is 13.1 Å². The van der Waals surface area contributed by atoms with E-state index in [1.54, 1.807) is 12.1 Å². The van der Waals surface area contributed by atoms with Gasteiger partial charge in [0.25, 0.3) is 0 Å². The number of benzene rings is 1. The minimum atomic E-state index is -0.556. The number of nitrogens with two attached hydrogens (primary N) is 2. The van der Waals surface area contributed by atoms with E-state index in [4.69, 9.17) is 23.1 Å². The molecule has 14 heavy (non-hydrogen) atoms. The molecule has 0 aliphatic heterocycles. The standard InChI is InChI=1S/C9H12ClN3O/c10-8-2-6(4-11)1-7(3-8)5-13-9(12)14/h1-3H,4-5,11H2,(H3,12,13,14). The number of carbonyl (C=O) groups is 1. The summed E-state index contributed by atoms with van der Waals surface area (Å²) in [7, 11) is 0. The highest BCUT2D eigenvalue weighted by Crippen LogP contribution is 2.14. The fraction of sp³-hybridized carbons (Fsp3) is 0.222. The van der Waals surface area contributed by atoms with Crippen LogP contribution in [0.15, 0.2) is 18.2 Å². The number of hydrogen-bond acceptors (Lipinski definition) is 2. The largest absolute Gasteiger partial charge is 0.352 e. The van der Waals surface area contributed by atoms with Crippen molar-refractivity contribution >= 4 is 17.6 Å². The van der Waals surface area contributed by atoms with Crippen LogP contribution in [0.1, 0.15) is 11.1 Å². The van der Waals surface area contributed by atoms with Gasteiger partial charge in [0.05, 0.1) is 0 Å². The Balaban J connectivity index is 2.76.